The van der Waals surface area contributed by atoms with Crippen molar-refractivity contribution < 1.29 is 14.1 Å². The molecule has 0 saturated carbocycles. The molecule has 1 N–H and O–H groups in total. The molecule has 1 atom stereocenters. The number of carbonyl (C=O) groups is 1. The van der Waals surface area contributed by atoms with Crippen LogP contribution in [0.2, 0.25) is 5.02 Å². The Morgan fingerprint density at radius 1 is 1.23 bits per heavy atom. The van der Waals surface area contributed by atoms with Crippen LogP contribution >= 0.6 is 11.6 Å². The number of carbonyl (C=O) groups excluding carboxylic acids is 1. The van der Waals surface area contributed by atoms with Crippen LogP contribution in [-0.2, 0) is 6.42 Å². The van der Waals surface area contributed by atoms with Gasteiger partial charge in [0.1, 0.15) is 11.9 Å². The molecule has 0 bridgehead atoms. The third-order valence-corrected chi connectivity index (χ3v) is 4.76. The molecule has 1 unspecified atom stereocenters. The standard InChI is InChI=1S/C20H17ClN2O3/c1-11-3-5-15(9-16(11)21)22-20(24)17-10-19(26-23-17)13-4-6-18-14(8-13)7-12(2)25-18/h3-6,8-10,12H,7H2,1-2H3,(H,22,24). The lowest BCUT2D eigenvalue weighted by Gasteiger charge is -2.04. The highest BCUT2D eigenvalue weighted by atomic mass is 35.5. The molecular formula is C20H17ClN2O3. The third kappa shape index (κ3) is 3.18. The summed E-state index contributed by atoms with van der Waals surface area (Å²) in [6.45, 7) is 3.94. The minimum Gasteiger partial charge on any atom is -0.490 e. The van der Waals surface area contributed by atoms with Crippen LogP contribution in [0.15, 0.2) is 47.0 Å². The maximum atomic E-state index is 12.4. The van der Waals surface area contributed by atoms with Gasteiger partial charge < -0.3 is 14.6 Å². The first-order valence-electron chi connectivity index (χ1n) is 8.34. The number of aryl methyl sites for hydroxylation is 1. The Labute approximate surface area is 155 Å². The predicted octanol–water partition coefficient (Wildman–Crippen LogP) is 4.88. The molecule has 0 fully saturated rings. The molecule has 26 heavy (non-hydrogen) atoms. The minimum atomic E-state index is -0.349. The largest absolute Gasteiger partial charge is 0.490 e. The lowest BCUT2D eigenvalue weighted by Crippen LogP contribution is -2.12. The minimum absolute atomic E-state index is 0.178. The van der Waals surface area contributed by atoms with Gasteiger partial charge in [0.2, 0.25) is 0 Å². The van der Waals surface area contributed by atoms with E-state index in [1.54, 1.807) is 18.2 Å². The van der Waals surface area contributed by atoms with E-state index in [1.165, 1.54) is 0 Å². The molecule has 6 heteroatoms. The van der Waals surface area contributed by atoms with Crippen LogP contribution in [0, 0.1) is 6.92 Å². The number of nitrogens with zero attached hydrogens (tertiary/aromatic N) is 1. The van der Waals surface area contributed by atoms with Crippen LogP contribution in [0.5, 0.6) is 5.75 Å². The number of amides is 1. The van der Waals surface area contributed by atoms with E-state index in [0.717, 1.165) is 28.9 Å². The van der Waals surface area contributed by atoms with Crippen LogP contribution in [0.3, 0.4) is 0 Å². The van der Waals surface area contributed by atoms with E-state index in [1.807, 2.05) is 38.1 Å². The smallest absolute Gasteiger partial charge is 0.277 e. The third-order valence-electron chi connectivity index (χ3n) is 4.35. The monoisotopic (exact) mass is 368 g/mol. The lowest BCUT2D eigenvalue weighted by molar-refractivity contribution is 0.101. The average molecular weight is 369 g/mol. The molecule has 1 aliphatic heterocycles. The molecule has 1 amide bonds. The molecule has 4 rings (SSSR count). The Hall–Kier alpha value is -2.79. The Kier molecular flexibility index (Phi) is 4.17. The fourth-order valence-electron chi connectivity index (χ4n) is 2.96. The number of fused-ring (bicyclic) bond motifs is 1. The highest BCUT2D eigenvalue weighted by Gasteiger charge is 2.21. The zero-order valence-electron chi connectivity index (χ0n) is 14.4. The number of hydrogen-bond acceptors (Lipinski definition) is 4. The normalized spacial score (nSPS) is 15.4. The van der Waals surface area contributed by atoms with Crippen LogP contribution in [0.25, 0.3) is 11.3 Å². The van der Waals surface area contributed by atoms with Crippen molar-refractivity contribution in [2.45, 2.75) is 26.4 Å². The number of nitrogens with one attached hydrogen (secondary N) is 1. The summed E-state index contributed by atoms with van der Waals surface area (Å²) in [5, 5.41) is 7.25. The SMILES string of the molecule is Cc1ccc(NC(=O)c2cc(-c3ccc4c(c3)CC(C)O4)on2)cc1Cl. The zero-order valence-corrected chi connectivity index (χ0v) is 15.1. The van der Waals surface area contributed by atoms with Gasteiger partial charge in [0.05, 0.1) is 0 Å². The van der Waals surface area contributed by atoms with Crippen molar-refractivity contribution >= 4 is 23.2 Å². The van der Waals surface area contributed by atoms with Gasteiger partial charge in [0.15, 0.2) is 11.5 Å². The second-order valence-corrected chi connectivity index (χ2v) is 6.86. The summed E-state index contributed by atoms with van der Waals surface area (Å²) < 4.78 is 11.1. The number of aromatic nitrogens is 1. The molecule has 0 saturated heterocycles. The summed E-state index contributed by atoms with van der Waals surface area (Å²) in [7, 11) is 0. The van der Waals surface area contributed by atoms with Gasteiger partial charge in [-0.05, 0) is 55.3 Å². The molecule has 2 heterocycles. The number of anilines is 1. The number of hydrogen-bond donors (Lipinski definition) is 1. The molecule has 0 radical (unpaired) electrons. The molecule has 1 aromatic heterocycles. The summed E-state index contributed by atoms with van der Waals surface area (Å²) in [4.78, 5) is 12.4. The first kappa shape index (κ1) is 16.7. The van der Waals surface area contributed by atoms with Crippen molar-refractivity contribution in [3.05, 3.63) is 64.3 Å². The fraction of sp³-hybridized carbons (Fsp3) is 0.200. The number of rotatable bonds is 3. The second-order valence-electron chi connectivity index (χ2n) is 6.45. The average Bonchev–Trinajstić information content (AvgIpc) is 3.23. The van der Waals surface area contributed by atoms with Gasteiger partial charge in [0, 0.05) is 28.8 Å². The van der Waals surface area contributed by atoms with E-state index >= 15 is 0 Å². The summed E-state index contributed by atoms with van der Waals surface area (Å²) >= 11 is 6.09. The van der Waals surface area contributed by atoms with Gasteiger partial charge in [-0.3, -0.25) is 4.79 Å². The van der Waals surface area contributed by atoms with E-state index in [4.69, 9.17) is 20.9 Å². The van der Waals surface area contributed by atoms with Crippen molar-refractivity contribution in [2.75, 3.05) is 5.32 Å². The fourth-order valence-corrected chi connectivity index (χ4v) is 3.14. The van der Waals surface area contributed by atoms with E-state index in [2.05, 4.69) is 10.5 Å². The first-order chi connectivity index (χ1) is 12.5. The molecular weight excluding hydrogens is 352 g/mol. The Morgan fingerprint density at radius 3 is 2.88 bits per heavy atom. The molecule has 0 spiro atoms. The summed E-state index contributed by atoms with van der Waals surface area (Å²) in [5.41, 5.74) is 3.77. The number of ether oxygens (including phenoxy) is 1. The van der Waals surface area contributed by atoms with Gasteiger partial charge in [-0.15, -0.1) is 0 Å². The van der Waals surface area contributed by atoms with E-state index in [0.29, 0.717) is 16.5 Å². The van der Waals surface area contributed by atoms with Crippen molar-refractivity contribution in [3.8, 4) is 17.1 Å². The van der Waals surface area contributed by atoms with Gasteiger partial charge in [-0.2, -0.15) is 0 Å². The summed E-state index contributed by atoms with van der Waals surface area (Å²) in [6.07, 6.45) is 1.04. The van der Waals surface area contributed by atoms with E-state index in [-0.39, 0.29) is 17.7 Å². The van der Waals surface area contributed by atoms with Crippen LogP contribution in [0.1, 0.15) is 28.5 Å². The lowest BCUT2D eigenvalue weighted by atomic mass is 10.1. The topological polar surface area (TPSA) is 64.4 Å². The predicted molar refractivity (Wildman–Crippen MR) is 99.9 cm³/mol. The van der Waals surface area contributed by atoms with E-state index in [9.17, 15) is 4.79 Å². The molecule has 5 nitrogen and oxygen atoms in total. The molecule has 2 aromatic carbocycles. The second kappa shape index (κ2) is 6.50. The maximum absolute atomic E-state index is 12.4. The van der Waals surface area contributed by atoms with Gasteiger partial charge in [-0.1, -0.05) is 22.8 Å². The van der Waals surface area contributed by atoms with Crippen LogP contribution in [-0.4, -0.2) is 17.2 Å². The Morgan fingerprint density at radius 2 is 2.08 bits per heavy atom. The van der Waals surface area contributed by atoms with E-state index < -0.39 is 0 Å². The number of benzene rings is 2. The van der Waals surface area contributed by atoms with Gasteiger partial charge >= 0.3 is 0 Å². The molecule has 3 aromatic rings. The van der Waals surface area contributed by atoms with Crippen molar-refractivity contribution in [3.63, 3.8) is 0 Å². The Bertz CT molecular complexity index is 996. The quantitative estimate of drug-likeness (QED) is 0.715. The van der Waals surface area contributed by atoms with Gasteiger partial charge in [-0.25, -0.2) is 0 Å². The van der Waals surface area contributed by atoms with Crippen molar-refractivity contribution in [1.82, 2.24) is 5.16 Å². The molecule has 1 aliphatic rings. The zero-order chi connectivity index (χ0) is 18.3. The van der Waals surface area contributed by atoms with Gasteiger partial charge in [0.25, 0.3) is 5.91 Å². The van der Waals surface area contributed by atoms with Crippen molar-refractivity contribution in [2.24, 2.45) is 0 Å². The van der Waals surface area contributed by atoms with Crippen molar-refractivity contribution in [1.29, 1.82) is 0 Å². The van der Waals surface area contributed by atoms with Crippen LogP contribution in [0.4, 0.5) is 5.69 Å². The maximum Gasteiger partial charge on any atom is 0.277 e. The highest BCUT2D eigenvalue weighted by molar-refractivity contribution is 6.31. The Balaban J connectivity index is 1.53. The molecule has 0 aliphatic carbocycles. The van der Waals surface area contributed by atoms with Crippen LogP contribution < -0.4 is 10.1 Å². The summed E-state index contributed by atoms with van der Waals surface area (Å²) in [6, 6.07) is 12.8. The highest BCUT2D eigenvalue weighted by Crippen LogP contribution is 2.33. The number of halogens is 1. The first-order valence-corrected chi connectivity index (χ1v) is 8.71. The molecule has 132 valence electrons. The summed E-state index contributed by atoms with van der Waals surface area (Å²) in [5.74, 6) is 1.09.